The Hall–Kier alpha value is -2.09. The maximum Gasteiger partial charge on any atom is 0.0429 e. The third kappa shape index (κ3) is 3.49. The molecule has 1 aliphatic rings. The first-order valence-electron chi connectivity index (χ1n) is 9.50. The van der Waals surface area contributed by atoms with E-state index >= 15 is 0 Å². The molecule has 2 nitrogen and oxygen atoms in total. The van der Waals surface area contributed by atoms with E-state index in [0.717, 1.165) is 37.2 Å². The molecule has 0 unspecified atom stereocenters. The van der Waals surface area contributed by atoms with Gasteiger partial charge in [-0.15, -0.1) is 0 Å². The summed E-state index contributed by atoms with van der Waals surface area (Å²) in [5, 5.41) is 8.41. The van der Waals surface area contributed by atoms with Gasteiger partial charge in [0.15, 0.2) is 0 Å². The Bertz CT molecular complexity index is 759. The Labute approximate surface area is 152 Å². The van der Waals surface area contributed by atoms with Gasteiger partial charge in [-0.1, -0.05) is 64.1 Å². The highest BCUT2D eigenvalue weighted by Gasteiger charge is 2.32. The molecule has 1 heterocycles. The van der Waals surface area contributed by atoms with Crippen LogP contribution in [0.15, 0.2) is 42.5 Å². The molecule has 0 fully saturated rings. The summed E-state index contributed by atoms with van der Waals surface area (Å²) in [6.07, 6.45) is 2.94. The summed E-state index contributed by atoms with van der Waals surface area (Å²) in [5.41, 5.74) is 7.52. The number of benzene rings is 2. The topological polar surface area (TPSA) is 27.1 Å². The number of fused-ring (bicyclic) bond motifs is 1. The fourth-order valence-electron chi connectivity index (χ4n) is 3.84. The lowest BCUT2D eigenvalue weighted by Crippen LogP contribution is -2.37. The zero-order valence-electron chi connectivity index (χ0n) is 16.0. The maximum atomic E-state index is 8.41. The number of hydrogen-bond donors (Lipinski definition) is 1. The third-order valence-electron chi connectivity index (χ3n) is 5.57. The molecular formula is C23H30N2. The average molecular weight is 335 g/mol. The Morgan fingerprint density at radius 3 is 2.48 bits per heavy atom. The Morgan fingerprint density at radius 1 is 1.12 bits per heavy atom. The van der Waals surface area contributed by atoms with Gasteiger partial charge in [0.1, 0.15) is 0 Å². The van der Waals surface area contributed by atoms with Crippen molar-refractivity contribution in [3.05, 3.63) is 64.7 Å². The van der Waals surface area contributed by atoms with Gasteiger partial charge in [0.2, 0.25) is 0 Å². The fourth-order valence-corrected chi connectivity index (χ4v) is 3.84. The monoisotopic (exact) mass is 334 g/mol. The third-order valence-corrected chi connectivity index (χ3v) is 5.57. The molecule has 0 amide bonds. The summed E-state index contributed by atoms with van der Waals surface area (Å²) >= 11 is 0. The molecule has 0 saturated heterocycles. The number of aryl methyl sites for hydroxylation is 1. The number of rotatable bonds is 5. The molecule has 1 aliphatic heterocycles. The largest absolute Gasteiger partial charge is 0.367 e. The number of nitrogens with zero attached hydrogens (tertiary/aromatic N) is 1. The molecule has 0 bridgehead atoms. The fraction of sp³-hybridized carbons (Fsp3) is 0.435. The molecular weight excluding hydrogens is 304 g/mol. The lowest BCUT2D eigenvalue weighted by atomic mass is 9.75. The molecule has 0 aliphatic carbocycles. The maximum absolute atomic E-state index is 8.41. The minimum atomic E-state index is 0.194. The Kier molecular flexibility index (Phi) is 4.99. The van der Waals surface area contributed by atoms with E-state index in [-0.39, 0.29) is 5.41 Å². The van der Waals surface area contributed by atoms with Crippen molar-refractivity contribution in [3.63, 3.8) is 0 Å². The van der Waals surface area contributed by atoms with Crippen LogP contribution >= 0.6 is 0 Å². The normalized spacial score (nSPS) is 15.8. The summed E-state index contributed by atoms with van der Waals surface area (Å²) in [5.74, 6) is 0. The zero-order chi connectivity index (χ0) is 18.0. The van der Waals surface area contributed by atoms with Gasteiger partial charge >= 0.3 is 0 Å². The molecule has 3 rings (SSSR count). The summed E-state index contributed by atoms with van der Waals surface area (Å²) in [6.45, 7) is 11.0. The molecule has 0 spiro atoms. The summed E-state index contributed by atoms with van der Waals surface area (Å²) in [6, 6.07) is 15.4. The van der Waals surface area contributed by atoms with Gasteiger partial charge in [-0.25, -0.2) is 0 Å². The van der Waals surface area contributed by atoms with Crippen LogP contribution < -0.4 is 4.90 Å². The first-order valence-corrected chi connectivity index (χ1v) is 9.50. The van der Waals surface area contributed by atoms with Crippen LogP contribution in [0.2, 0.25) is 0 Å². The standard InChI is InChI=1S/C23H30N2/c1-5-18-14-20-22(15-19(18)21(24)6-2)25(13-12-23(20,3)4)16-17-10-8-7-9-11-17/h7-11,14-15,24H,5-6,12-13,16H2,1-4H3. The molecule has 2 aromatic carbocycles. The summed E-state index contributed by atoms with van der Waals surface area (Å²) < 4.78 is 0. The van der Waals surface area contributed by atoms with Crippen molar-refractivity contribution in [1.29, 1.82) is 5.41 Å². The molecule has 0 saturated carbocycles. The number of anilines is 1. The van der Waals surface area contributed by atoms with Gasteiger partial charge in [0.25, 0.3) is 0 Å². The lowest BCUT2D eigenvalue weighted by Gasteiger charge is -2.41. The van der Waals surface area contributed by atoms with Crippen LogP contribution in [0.25, 0.3) is 0 Å². The van der Waals surface area contributed by atoms with Gasteiger partial charge in [-0.2, -0.15) is 0 Å². The Balaban J connectivity index is 2.08. The van der Waals surface area contributed by atoms with Crippen LogP contribution in [0, 0.1) is 5.41 Å². The minimum absolute atomic E-state index is 0.194. The van der Waals surface area contributed by atoms with Gasteiger partial charge in [-0.05, 0) is 47.4 Å². The average Bonchev–Trinajstić information content (AvgIpc) is 2.63. The highest BCUT2D eigenvalue weighted by molar-refractivity contribution is 6.00. The highest BCUT2D eigenvalue weighted by Crippen LogP contribution is 2.42. The molecule has 0 aromatic heterocycles. The van der Waals surface area contributed by atoms with Gasteiger partial charge in [-0.3, -0.25) is 0 Å². The van der Waals surface area contributed by atoms with E-state index in [1.165, 1.54) is 28.8 Å². The first kappa shape index (κ1) is 17.7. The zero-order valence-corrected chi connectivity index (χ0v) is 16.0. The molecule has 25 heavy (non-hydrogen) atoms. The molecule has 0 atom stereocenters. The second kappa shape index (κ2) is 7.03. The predicted octanol–water partition coefficient (Wildman–Crippen LogP) is 5.71. The first-order chi connectivity index (χ1) is 12.0. The Morgan fingerprint density at radius 2 is 1.84 bits per heavy atom. The molecule has 2 aromatic rings. The summed E-state index contributed by atoms with van der Waals surface area (Å²) in [4.78, 5) is 2.50. The van der Waals surface area contributed by atoms with Gasteiger partial charge < -0.3 is 10.3 Å². The van der Waals surface area contributed by atoms with Crippen molar-refractivity contribution in [2.24, 2.45) is 0 Å². The molecule has 1 N–H and O–H groups in total. The minimum Gasteiger partial charge on any atom is -0.367 e. The lowest BCUT2D eigenvalue weighted by molar-refractivity contribution is 0.452. The molecule has 0 radical (unpaired) electrons. The van der Waals surface area contributed by atoms with Crippen LogP contribution in [0.3, 0.4) is 0 Å². The van der Waals surface area contributed by atoms with E-state index in [0.29, 0.717) is 0 Å². The van der Waals surface area contributed by atoms with E-state index < -0.39 is 0 Å². The predicted molar refractivity (Wildman–Crippen MR) is 108 cm³/mol. The van der Waals surface area contributed by atoms with Gasteiger partial charge in [0.05, 0.1) is 0 Å². The van der Waals surface area contributed by atoms with Crippen LogP contribution in [0.4, 0.5) is 5.69 Å². The van der Waals surface area contributed by atoms with Crippen molar-refractivity contribution >= 4 is 11.4 Å². The SMILES string of the molecule is CCC(=N)c1cc2c(cc1CC)C(C)(C)CCN2Cc1ccccc1. The van der Waals surface area contributed by atoms with Gasteiger partial charge in [0, 0.05) is 30.1 Å². The smallest absolute Gasteiger partial charge is 0.0429 e. The van der Waals surface area contributed by atoms with Crippen molar-refractivity contribution in [3.8, 4) is 0 Å². The van der Waals surface area contributed by atoms with E-state index in [1.54, 1.807) is 0 Å². The van der Waals surface area contributed by atoms with Crippen molar-refractivity contribution in [2.75, 3.05) is 11.4 Å². The van der Waals surface area contributed by atoms with Crippen molar-refractivity contribution < 1.29 is 0 Å². The van der Waals surface area contributed by atoms with Crippen LogP contribution in [0.1, 0.15) is 62.8 Å². The number of nitrogens with one attached hydrogen (secondary N) is 1. The van der Waals surface area contributed by atoms with E-state index in [2.05, 4.69) is 75.1 Å². The van der Waals surface area contributed by atoms with Crippen LogP contribution in [-0.4, -0.2) is 12.3 Å². The highest BCUT2D eigenvalue weighted by atomic mass is 15.1. The van der Waals surface area contributed by atoms with Crippen molar-refractivity contribution in [1.82, 2.24) is 0 Å². The molecule has 2 heteroatoms. The number of hydrogen-bond acceptors (Lipinski definition) is 2. The van der Waals surface area contributed by atoms with Crippen LogP contribution in [-0.2, 0) is 18.4 Å². The van der Waals surface area contributed by atoms with E-state index in [9.17, 15) is 0 Å². The van der Waals surface area contributed by atoms with E-state index in [4.69, 9.17) is 5.41 Å². The molecule has 132 valence electrons. The summed E-state index contributed by atoms with van der Waals surface area (Å²) in [7, 11) is 0. The second-order valence-corrected chi connectivity index (χ2v) is 7.75. The quantitative estimate of drug-likeness (QED) is 0.696. The second-order valence-electron chi connectivity index (χ2n) is 7.75. The van der Waals surface area contributed by atoms with Crippen LogP contribution in [0.5, 0.6) is 0 Å². The van der Waals surface area contributed by atoms with Crippen molar-refractivity contribution in [2.45, 2.75) is 58.9 Å². The van der Waals surface area contributed by atoms with E-state index in [1.807, 2.05) is 0 Å².